The van der Waals surface area contributed by atoms with Gasteiger partial charge in [0.05, 0.1) is 11.0 Å². The van der Waals surface area contributed by atoms with Crippen LogP contribution in [0.15, 0.2) is 0 Å². The summed E-state index contributed by atoms with van der Waals surface area (Å²) in [5.74, 6) is 0.0905. The lowest BCUT2D eigenvalue weighted by molar-refractivity contribution is -0.126. The average molecular weight is 287 g/mol. The van der Waals surface area contributed by atoms with Gasteiger partial charge < -0.3 is 11.1 Å². The van der Waals surface area contributed by atoms with E-state index in [1.807, 2.05) is 6.92 Å². The van der Waals surface area contributed by atoms with Crippen LogP contribution in [0.25, 0.3) is 0 Å². The van der Waals surface area contributed by atoms with Gasteiger partial charge in [-0.15, -0.1) is 0 Å². The molecule has 0 aromatic heterocycles. The Labute approximate surface area is 123 Å². The maximum absolute atomic E-state index is 12.1. The highest BCUT2D eigenvalue weighted by molar-refractivity contribution is 7.80. The number of hydrogen-bond acceptors (Lipinski definition) is 3. The Balaban J connectivity index is 4.24. The minimum Gasteiger partial charge on any atom is -0.393 e. The summed E-state index contributed by atoms with van der Waals surface area (Å²) in [6, 6.07) is 0.154. The van der Waals surface area contributed by atoms with Crippen LogP contribution in [0.4, 0.5) is 0 Å². The van der Waals surface area contributed by atoms with Gasteiger partial charge in [-0.2, -0.15) is 0 Å². The molecule has 112 valence electrons. The molecule has 0 saturated carbocycles. The summed E-state index contributed by atoms with van der Waals surface area (Å²) in [6.07, 6.45) is 4.02. The van der Waals surface area contributed by atoms with E-state index in [1.54, 1.807) is 0 Å². The van der Waals surface area contributed by atoms with Gasteiger partial charge in [-0.25, -0.2) is 0 Å². The first kappa shape index (κ1) is 18.3. The molecular formula is C14H29N3OS. The normalized spacial score (nSPS) is 12.7. The third kappa shape index (κ3) is 8.16. The summed E-state index contributed by atoms with van der Waals surface area (Å²) in [5.41, 5.74) is 5.53. The van der Waals surface area contributed by atoms with Gasteiger partial charge in [0.2, 0.25) is 5.91 Å². The molecule has 0 spiro atoms. The number of carbonyl (C=O) groups excluding carboxylic acids is 1. The summed E-state index contributed by atoms with van der Waals surface area (Å²) < 4.78 is 0. The van der Waals surface area contributed by atoms with Gasteiger partial charge in [0, 0.05) is 25.6 Å². The summed E-state index contributed by atoms with van der Waals surface area (Å²) >= 11 is 4.90. The number of rotatable bonds is 10. The zero-order chi connectivity index (χ0) is 14.8. The van der Waals surface area contributed by atoms with Crippen LogP contribution in [0.1, 0.15) is 53.4 Å². The van der Waals surface area contributed by atoms with Gasteiger partial charge in [0.25, 0.3) is 0 Å². The van der Waals surface area contributed by atoms with Crippen molar-refractivity contribution in [1.29, 1.82) is 0 Å². The monoisotopic (exact) mass is 287 g/mol. The first-order chi connectivity index (χ1) is 8.90. The molecule has 0 heterocycles. The van der Waals surface area contributed by atoms with Crippen molar-refractivity contribution in [2.45, 2.75) is 65.5 Å². The van der Waals surface area contributed by atoms with E-state index in [9.17, 15) is 4.79 Å². The lowest BCUT2D eigenvalue weighted by atomic mass is 10.1. The number of nitrogens with two attached hydrogens (primary N) is 1. The summed E-state index contributed by atoms with van der Waals surface area (Å²) in [4.78, 5) is 14.7. The van der Waals surface area contributed by atoms with Crippen LogP contribution in [-0.4, -0.2) is 41.0 Å². The molecule has 1 atom stereocenters. The van der Waals surface area contributed by atoms with E-state index in [2.05, 4.69) is 31.0 Å². The number of hydrogen-bond donors (Lipinski definition) is 2. The van der Waals surface area contributed by atoms with Crippen molar-refractivity contribution >= 4 is 23.1 Å². The predicted octanol–water partition coefficient (Wildman–Crippen LogP) is 2.07. The largest absolute Gasteiger partial charge is 0.393 e. The van der Waals surface area contributed by atoms with E-state index in [0.717, 1.165) is 32.4 Å². The molecule has 0 aliphatic carbocycles. The molecule has 0 aromatic carbocycles. The number of carbonyl (C=O) groups is 1. The first-order valence-electron chi connectivity index (χ1n) is 7.21. The van der Waals surface area contributed by atoms with Gasteiger partial charge in [0.1, 0.15) is 0 Å². The maximum Gasteiger partial charge on any atom is 0.237 e. The summed E-state index contributed by atoms with van der Waals surface area (Å²) in [7, 11) is 0. The molecule has 0 fully saturated rings. The minimum atomic E-state index is -0.143. The molecule has 0 aromatic rings. The average Bonchev–Trinajstić information content (AvgIpc) is 2.33. The number of thiocarbonyl (C=S) groups is 1. The van der Waals surface area contributed by atoms with Crippen molar-refractivity contribution in [3.8, 4) is 0 Å². The summed E-state index contributed by atoms with van der Waals surface area (Å²) in [5, 5.41) is 3.00. The fourth-order valence-corrected chi connectivity index (χ4v) is 2.11. The molecule has 5 heteroatoms. The Morgan fingerprint density at radius 2 is 1.95 bits per heavy atom. The molecule has 0 rings (SSSR count). The third-order valence-corrected chi connectivity index (χ3v) is 3.44. The lowest BCUT2D eigenvalue weighted by Gasteiger charge is -2.31. The molecule has 4 nitrogen and oxygen atoms in total. The van der Waals surface area contributed by atoms with Crippen molar-refractivity contribution in [2.24, 2.45) is 5.73 Å². The quantitative estimate of drug-likeness (QED) is 0.477. The van der Waals surface area contributed by atoms with E-state index in [0.29, 0.717) is 17.5 Å². The van der Waals surface area contributed by atoms with Crippen molar-refractivity contribution < 1.29 is 4.79 Å². The Bertz CT molecular complexity index is 282. The Morgan fingerprint density at radius 3 is 2.42 bits per heavy atom. The standard InChI is InChI=1S/C14H29N3OS/c1-5-6-7-9-16-14(18)12(4)17(11(2)3)10-8-13(15)19/h11-12H,5-10H2,1-4H3,(H2,15,19)(H,16,18). The molecule has 1 unspecified atom stereocenters. The van der Waals surface area contributed by atoms with Gasteiger partial charge in [-0.05, 0) is 27.2 Å². The molecular weight excluding hydrogens is 258 g/mol. The Kier molecular flexibility index (Phi) is 9.79. The topological polar surface area (TPSA) is 58.4 Å². The van der Waals surface area contributed by atoms with E-state index in [-0.39, 0.29) is 11.9 Å². The van der Waals surface area contributed by atoms with Crippen LogP contribution in [0.5, 0.6) is 0 Å². The van der Waals surface area contributed by atoms with E-state index in [1.165, 1.54) is 0 Å². The predicted molar refractivity (Wildman–Crippen MR) is 85.2 cm³/mol. The molecule has 0 bridgehead atoms. The van der Waals surface area contributed by atoms with E-state index in [4.69, 9.17) is 18.0 Å². The van der Waals surface area contributed by atoms with Gasteiger partial charge in [0.15, 0.2) is 0 Å². The smallest absolute Gasteiger partial charge is 0.237 e. The molecule has 19 heavy (non-hydrogen) atoms. The van der Waals surface area contributed by atoms with Crippen molar-refractivity contribution in [3.05, 3.63) is 0 Å². The minimum absolute atomic E-state index is 0.0905. The second kappa shape index (κ2) is 10.1. The molecule has 0 aliphatic rings. The number of amides is 1. The number of unbranched alkanes of at least 4 members (excludes halogenated alkanes) is 2. The van der Waals surface area contributed by atoms with Crippen LogP contribution in [-0.2, 0) is 4.79 Å². The van der Waals surface area contributed by atoms with Crippen molar-refractivity contribution in [1.82, 2.24) is 10.2 Å². The fraction of sp³-hybridized carbons (Fsp3) is 0.857. The Hall–Kier alpha value is -0.680. The van der Waals surface area contributed by atoms with Crippen LogP contribution >= 0.6 is 12.2 Å². The van der Waals surface area contributed by atoms with Gasteiger partial charge in [-0.3, -0.25) is 9.69 Å². The molecule has 3 N–H and O–H groups in total. The van der Waals surface area contributed by atoms with Gasteiger partial charge in [-0.1, -0.05) is 32.0 Å². The maximum atomic E-state index is 12.1. The van der Waals surface area contributed by atoms with Gasteiger partial charge >= 0.3 is 0 Å². The highest BCUT2D eigenvalue weighted by Crippen LogP contribution is 2.07. The number of nitrogens with zero attached hydrogens (tertiary/aromatic N) is 1. The molecule has 1 amide bonds. The van der Waals surface area contributed by atoms with Crippen LogP contribution in [0.3, 0.4) is 0 Å². The Morgan fingerprint density at radius 1 is 1.32 bits per heavy atom. The first-order valence-corrected chi connectivity index (χ1v) is 7.62. The van der Waals surface area contributed by atoms with Crippen molar-refractivity contribution in [2.75, 3.05) is 13.1 Å². The summed E-state index contributed by atoms with van der Waals surface area (Å²) in [6.45, 7) is 9.75. The van der Waals surface area contributed by atoms with Crippen LogP contribution in [0, 0.1) is 0 Å². The third-order valence-electron chi connectivity index (χ3n) is 3.24. The second-order valence-corrected chi connectivity index (χ2v) is 5.75. The highest BCUT2D eigenvalue weighted by atomic mass is 32.1. The molecule has 0 aliphatic heterocycles. The van der Waals surface area contributed by atoms with E-state index < -0.39 is 0 Å². The SMILES string of the molecule is CCCCCNC(=O)C(C)N(CCC(N)=S)C(C)C. The lowest BCUT2D eigenvalue weighted by Crippen LogP contribution is -2.49. The van der Waals surface area contributed by atoms with Crippen molar-refractivity contribution in [3.63, 3.8) is 0 Å². The number of nitrogens with one attached hydrogen (secondary N) is 1. The fourth-order valence-electron chi connectivity index (χ4n) is 2.02. The van der Waals surface area contributed by atoms with Crippen LogP contribution in [0.2, 0.25) is 0 Å². The van der Waals surface area contributed by atoms with Crippen LogP contribution < -0.4 is 11.1 Å². The zero-order valence-electron chi connectivity index (χ0n) is 12.7. The van der Waals surface area contributed by atoms with E-state index >= 15 is 0 Å². The molecule has 0 saturated heterocycles. The second-order valence-electron chi connectivity index (χ2n) is 5.22. The zero-order valence-corrected chi connectivity index (χ0v) is 13.6. The highest BCUT2D eigenvalue weighted by Gasteiger charge is 2.22. The molecule has 0 radical (unpaired) electrons.